The number of alkyl halides is 1. The molecule has 4 heterocycles. The first-order chi connectivity index (χ1) is 50.7. The first kappa shape index (κ1) is 77.2. The minimum absolute atomic E-state index is 0.316. The maximum absolute atomic E-state index is 12.6. The third-order valence-electron chi connectivity index (χ3n) is 19.5. The maximum Gasteiger partial charge on any atom is 0.335 e. The van der Waals surface area contributed by atoms with Crippen LogP contribution in [0.5, 0.6) is 0 Å². The van der Waals surface area contributed by atoms with Gasteiger partial charge < -0.3 is 27.7 Å². The predicted molar refractivity (Wildman–Crippen MR) is 451 cm³/mol. The molecule has 0 saturated heterocycles. The van der Waals surface area contributed by atoms with Crippen LogP contribution in [0.2, 0.25) is 0 Å². The summed E-state index contributed by atoms with van der Waals surface area (Å²) in [4.78, 5) is 25.2. The molecule has 4 unspecified atom stereocenters. The lowest BCUT2D eigenvalue weighted by atomic mass is 9.96. The number of nitrogens with one attached hydrogen (secondary N) is 1. The predicted octanol–water partition coefficient (Wildman–Crippen LogP) is 27.8. The van der Waals surface area contributed by atoms with E-state index in [9.17, 15) is 14.2 Å². The highest BCUT2D eigenvalue weighted by Crippen LogP contribution is 2.52. The zero-order chi connectivity index (χ0) is 73.5. The van der Waals surface area contributed by atoms with Crippen molar-refractivity contribution in [3.63, 3.8) is 0 Å². The maximum atomic E-state index is 12.6. The normalized spacial score (nSPS) is 12.6. The van der Waals surface area contributed by atoms with Crippen LogP contribution in [0.15, 0.2) is 249 Å². The van der Waals surface area contributed by atoms with Crippen molar-refractivity contribution in [1.29, 1.82) is 0 Å². The fourth-order valence-corrected chi connectivity index (χ4v) is 16.6. The molecule has 11 aromatic carbocycles. The number of aromatic nitrogens is 4. The van der Waals surface area contributed by atoms with Gasteiger partial charge in [-0.2, -0.15) is 0 Å². The molecule has 9 nitrogen and oxygen atoms in total. The van der Waals surface area contributed by atoms with Crippen LogP contribution in [-0.4, -0.2) is 49.3 Å². The lowest BCUT2D eigenvalue weighted by molar-refractivity contribution is 0.111. The molecule has 0 aliphatic heterocycles. The van der Waals surface area contributed by atoms with Crippen molar-refractivity contribution in [3.05, 3.63) is 277 Å². The Bertz CT molecular complexity index is 5360. The number of H-pyrrole nitrogens is 1. The molecule has 11 heteroatoms. The molecule has 0 aliphatic carbocycles. The molecule has 0 spiro atoms. The summed E-state index contributed by atoms with van der Waals surface area (Å²) in [7, 11) is -3.05. The van der Waals surface area contributed by atoms with Gasteiger partial charge >= 0.3 is 7.60 Å². The summed E-state index contributed by atoms with van der Waals surface area (Å²) in [6.45, 7) is 22.3. The Balaban J connectivity index is 0.000000140. The molecule has 0 aliphatic rings. The highest BCUT2D eigenvalue weighted by Gasteiger charge is 2.25. The van der Waals surface area contributed by atoms with E-state index < -0.39 is 7.60 Å². The molecular weight excluding hydrogens is 1360 g/mol. The van der Waals surface area contributed by atoms with Crippen LogP contribution < -0.4 is 0 Å². The van der Waals surface area contributed by atoms with Crippen molar-refractivity contribution in [3.8, 4) is 0 Å². The third kappa shape index (κ3) is 18.7. The van der Waals surface area contributed by atoms with Gasteiger partial charge in [-0.15, -0.1) is 0 Å². The zero-order valence-electron chi connectivity index (χ0n) is 62.3. The Hall–Kier alpha value is -9.41. The highest BCUT2D eigenvalue weighted by molar-refractivity contribution is 9.09. The lowest BCUT2D eigenvalue weighted by Crippen LogP contribution is -2.02. The van der Waals surface area contributed by atoms with E-state index in [0.29, 0.717) is 42.3 Å². The van der Waals surface area contributed by atoms with Crippen molar-refractivity contribution >= 4 is 146 Å². The van der Waals surface area contributed by atoms with Gasteiger partial charge in [-0.05, 0) is 179 Å². The first-order valence-electron chi connectivity index (χ1n) is 37.3. The second-order valence-electron chi connectivity index (χ2n) is 26.9. The molecule has 104 heavy (non-hydrogen) atoms. The van der Waals surface area contributed by atoms with Gasteiger partial charge in [0.05, 0.1) is 19.4 Å². The highest BCUT2D eigenvalue weighted by atomic mass is 79.9. The number of nitrogens with zero attached hydrogens (tertiary/aromatic N) is 3. The fraction of sp³-hybridized carbons (Fsp3) is 0.269. The summed E-state index contributed by atoms with van der Waals surface area (Å²) >= 11 is 3.43. The van der Waals surface area contributed by atoms with Crippen LogP contribution in [0.1, 0.15) is 176 Å². The Morgan fingerprint density at radius 2 is 0.769 bits per heavy atom. The molecule has 536 valence electrons. The lowest BCUT2D eigenvalue weighted by Gasteiger charge is -2.17. The molecular formula is C93H102BrN4O5P. The Kier molecular flexibility index (Phi) is 28.1. The van der Waals surface area contributed by atoms with E-state index in [1.807, 2.05) is 105 Å². The molecule has 0 fully saturated rings. The van der Waals surface area contributed by atoms with E-state index in [1.54, 1.807) is 0 Å². The summed E-state index contributed by atoms with van der Waals surface area (Å²) < 4.78 is 30.4. The summed E-state index contributed by atoms with van der Waals surface area (Å²) in [6, 6.07) is 79.7. The molecule has 15 aromatic rings. The van der Waals surface area contributed by atoms with Crippen LogP contribution in [0.25, 0.3) is 110 Å². The van der Waals surface area contributed by atoms with E-state index >= 15 is 0 Å². The minimum atomic E-state index is -3.05. The Morgan fingerprint density at radius 1 is 0.375 bits per heavy atom. The summed E-state index contributed by atoms with van der Waals surface area (Å²) in [5.74, 6) is 0. The number of aldehydes is 2. The third-order valence-corrected chi connectivity index (χ3v) is 22.0. The number of rotatable bonds is 21. The van der Waals surface area contributed by atoms with Gasteiger partial charge in [0.2, 0.25) is 0 Å². The molecule has 15 rings (SSSR count). The van der Waals surface area contributed by atoms with Gasteiger partial charge in [-0.25, -0.2) is 0 Å². The Morgan fingerprint density at radius 3 is 1.30 bits per heavy atom. The van der Waals surface area contributed by atoms with E-state index in [4.69, 9.17) is 9.05 Å². The number of carbonyl (C=O) groups is 2. The second-order valence-corrected chi connectivity index (χ2v) is 30.5. The summed E-state index contributed by atoms with van der Waals surface area (Å²) in [5.41, 5.74) is 9.90. The minimum Gasteiger partial charge on any atom is -0.361 e. The summed E-state index contributed by atoms with van der Waals surface area (Å²) in [6.07, 6.45) is 24.8. The molecule has 4 atom stereocenters. The van der Waals surface area contributed by atoms with Gasteiger partial charge in [0.25, 0.3) is 0 Å². The fourth-order valence-electron chi connectivity index (χ4n) is 14.4. The van der Waals surface area contributed by atoms with E-state index in [1.165, 1.54) is 121 Å². The van der Waals surface area contributed by atoms with Gasteiger partial charge in [0, 0.05) is 102 Å². The van der Waals surface area contributed by atoms with Crippen LogP contribution in [0.4, 0.5) is 0 Å². The van der Waals surface area contributed by atoms with Crippen LogP contribution >= 0.6 is 23.5 Å². The quantitative estimate of drug-likeness (QED) is 0.0254. The smallest absolute Gasteiger partial charge is 0.335 e. The molecule has 4 aromatic heterocycles. The second kappa shape index (κ2) is 37.9. The number of aromatic amines is 1. The van der Waals surface area contributed by atoms with Crippen LogP contribution in [0.3, 0.4) is 0 Å². The monoisotopic (exact) mass is 1460 g/mol. The molecule has 0 saturated carbocycles. The average molecular weight is 1470 g/mol. The molecule has 0 bridgehead atoms. The molecule has 0 radical (unpaired) electrons. The van der Waals surface area contributed by atoms with Gasteiger partial charge in [-0.1, -0.05) is 264 Å². The van der Waals surface area contributed by atoms with E-state index in [0.717, 1.165) is 68.3 Å². The van der Waals surface area contributed by atoms with Crippen molar-refractivity contribution in [2.45, 2.75) is 150 Å². The topological polar surface area (TPSA) is 100 Å². The Labute approximate surface area is 623 Å². The van der Waals surface area contributed by atoms with Crippen molar-refractivity contribution in [2.75, 3.05) is 13.2 Å². The van der Waals surface area contributed by atoms with Gasteiger partial charge in [0.15, 0.2) is 12.6 Å². The first-order valence-corrected chi connectivity index (χ1v) is 40.0. The average Bonchev–Trinajstić information content (AvgIpc) is 1.38. The van der Waals surface area contributed by atoms with Gasteiger partial charge in [-0.3, -0.25) is 14.2 Å². The van der Waals surface area contributed by atoms with Gasteiger partial charge in [0.1, 0.15) is 0 Å². The van der Waals surface area contributed by atoms with Crippen LogP contribution in [-0.2, 0) is 19.8 Å². The molecule has 1 N–H and O–H groups in total. The number of halogens is 1. The molecule has 0 amide bonds. The number of hydrogen-bond donors (Lipinski definition) is 1. The van der Waals surface area contributed by atoms with Crippen molar-refractivity contribution in [1.82, 2.24) is 18.7 Å². The standard InChI is InChI=1S/C25H23N.C25H25N.C15H19O3P.C14H17NO.C9H7NO.C5H11Br/c1-3-6-17(2)26-16-15-24-23-12-11-20-19-8-5-4-7-18(19)9-10-21(20)22(23)13-14-25(24)26;1-3-8-19(2)26-18-17-24-22(12-7-14-25(24)26)16-15-21-11-6-10-20-9-4-5-13-23(20)21;1-3-17-19(16,18-4-2)12-14-10-7-9-13-8-5-6-11-15(13)14;1-3-5-11(2)15-9-8-13-12(10-16)6-4-7-14(13)15;11-6-7-2-1-3-9-8(7)4-5-10-9;1-3-4-5(2)6/h4-5,7-17H,3,6H2,1-2H3;4-7,9-19H,3,8H2,1-2H3;5-11H,3-4,12H2,1-2H3;4,6-11H,3,5H2,1-2H3;1-6,10H;5H,3-4H2,1-2H3/b;16-15-;;;;. The van der Waals surface area contributed by atoms with Crippen molar-refractivity contribution < 1.29 is 23.2 Å². The number of hydrogen-bond acceptors (Lipinski definition) is 5. The number of benzene rings is 11. The number of fused-ring (bicyclic) bond motifs is 12. The van der Waals surface area contributed by atoms with E-state index in [-0.39, 0.29) is 0 Å². The number of carbonyl (C=O) groups excluding carboxylic acids is 2. The SMILES string of the molecule is CCCC(C)Br.CCCC(C)n1ccc2c(/C=C\c3cccc4ccccc34)cccc21.CCCC(C)n1ccc2c(C=O)cccc21.CCCC(C)n1ccc2c3ccc4c5ccccc5ccc4c3ccc21.CCOP(=O)(Cc1cccc2ccccc12)OCC.O=Cc1cccc2[nH]ccc12. The van der Waals surface area contributed by atoms with Crippen LogP contribution in [0, 0.1) is 0 Å². The van der Waals surface area contributed by atoms with Crippen molar-refractivity contribution in [2.24, 2.45) is 0 Å². The zero-order valence-corrected chi connectivity index (χ0v) is 64.8. The van der Waals surface area contributed by atoms with E-state index in [2.05, 4.69) is 260 Å². The summed E-state index contributed by atoms with van der Waals surface area (Å²) in [5, 5.41) is 17.6. The largest absolute Gasteiger partial charge is 0.361 e.